The van der Waals surface area contributed by atoms with Gasteiger partial charge >= 0.3 is 0 Å². The van der Waals surface area contributed by atoms with E-state index in [1.807, 2.05) is 31.6 Å². The minimum absolute atomic E-state index is 0.00179. The first-order valence-electron chi connectivity index (χ1n) is 11.8. The summed E-state index contributed by atoms with van der Waals surface area (Å²) >= 11 is 0. The molecule has 7 nitrogen and oxygen atoms in total. The number of aryl methyl sites for hydroxylation is 1. The van der Waals surface area contributed by atoms with Crippen molar-refractivity contribution < 1.29 is 4.79 Å². The van der Waals surface area contributed by atoms with E-state index >= 15 is 0 Å². The fourth-order valence-electron chi connectivity index (χ4n) is 7.47. The molecular formula is C24H32N6O. The van der Waals surface area contributed by atoms with Crippen LogP contribution in [0.3, 0.4) is 0 Å². The second-order valence-corrected chi connectivity index (χ2v) is 10.6. The van der Waals surface area contributed by atoms with Crippen LogP contribution in [0, 0.1) is 24.2 Å². The van der Waals surface area contributed by atoms with Crippen LogP contribution in [-0.4, -0.2) is 61.6 Å². The summed E-state index contributed by atoms with van der Waals surface area (Å²) in [5.41, 5.74) is 0.919. The molecule has 0 aromatic carbocycles. The molecule has 5 fully saturated rings. The number of hydrogen-bond acceptors (Lipinski definition) is 5. The summed E-state index contributed by atoms with van der Waals surface area (Å²) in [7, 11) is 0. The highest BCUT2D eigenvalue weighted by molar-refractivity contribution is 5.83. The second-order valence-electron chi connectivity index (χ2n) is 10.6. The number of pyridine rings is 1. The Kier molecular flexibility index (Phi) is 4.46. The average molecular weight is 421 g/mol. The molecular weight excluding hydrogens is 388 g/mol. The van der Waals surface area contributed by atoms with Gasteiger partial charge in [-0.25, -0.2) is 9.67 Å². The Bertz CT molecular complexity index is 949. The molecule has 2 aromatic rings. The van der Waals surface area contributed by atoms with Gasteiger partial charge in [-0.15, -0.1) is 0 Å². The number of amides is 1. The SMILES string of the molecule is Cc1ncn(C23C[C@@H]4C[C@@H](CC(C(=O)N5CCN(Cc6ccccn6)CC5)(C4)C2)C3)n1. The van der Waals surface area contributed by atoms with E-state index < -0.39 is 0 Å². The molecule has 5 aliphatic rings. The molecule has 1 saturated heterocycles. The summed E-state index contributed by atoms with van der Waals surface area (Å²) in [6.07, 6.45) is 10.5. The van der Waals surface area contributed by atoms with Crippen LogP contribution in [0.4, 0.5) is 0 Å². The maximum Gasteiger partial charge on any atom is 0.228 e. The summed E-state index contributed by atoms with van der Waals surface area (Å²) in [6, 6.07) is 6.08. The van der Waals surface area contributed by atoms with E-state index in [1.54, 1.807) is 0 Å². The van der Waals surface area contributed by atoms with Gasteiger partial charge in [0.15, 0.2) is 0 Å². The van der Waals surface area contributed by atoms with Gasteiger partial charge in [-0.05, 0) is 69.4 Å². The normalized spacial score (nSPS) is 34.9. The lowest BCUT2D eigenvalue weighted by molar-refractivity contribution is -0.168. The highest BCUT2D eigenvalue weighted by Gasteiger charge is 2.62. The minimum Gasteiger partial charge on any atom is -0.340 e. The van der Waals surface area contributed by atoms with Crippen LogP contribution in [0.5, 0.6) is 0 Å². The first kappa shape index (κ1) is 19.4. The van der Waals surface area contributed by atoms with Gasteiger partial charge < -0.3 is 4.90 Å². The molecule has 4 aliphatic carbocycles. The van der Waals surface area contributed by atoms with Gasteiger partial charge in [0.2, 0.25) is 5.91 Å². The first-order valence-corrected chi connectivity index (χ1v) is 11.8. The fraction of sp³-hybridized carbons (Fsp3) is 0.667. The van der Waals surface area contributed by atoms with Crippen molar-refractivity contribution in [1.29, 1.82) is 0 Å². The van der Waals surface area contributed by atoms with Gasteiger partial charge in [-0.2, -0.15) is 5.10 Å². The maximum absolute atomic E-state index is 13.9. The van der Waals surface area contributed by atoms with Gasteiger partial charge in [0.25, 0.3) is 0 Å². The zero-order chi connectivity index (χ0) is 21.1. The Balaban J connectivity index is 1.18. The van der Waals surface area contributed by atoms with Crippen molar-refractivity contribution in [1.82, 2.24) is 29.5 Å². The number of rotatable bonds is 4. The number of aromatic nitrogens is 4. The number of carbonyl (C=O) groups excluding carboxylic acids is 1. The van der Waals surface area contributed by atoms with Crippen molar-refractivity contribution in [2.24, 2.45) is 17.3 Å². The van der Waals surface area contributed by atoms with Gasteiger partial charge in [0, 0.05) is 38.9 Å². The van der Waals surface area contributed by atoms with E-state index in [1.165, 1.54) is 19.3 Å². The molecule has 3 heterocycles. The number of piperazine rings is 1. The topological polar surface area (TPSA) is 67.2 Å². The zero-order valence-corrected chi connectivity index (χ0v) is 18.4. The van der Waals surface area contributed by atoms with Crippen molar-refractivity contribution >= 4 is 5.91 Å². The maximum atomic E-state index is 13.9. The predicted molar refractivity (Wildman–Crippen MR) is 116 cm³/mol. The Morgan fingerprint density at radius 2 is 1.84 bits per heavy atom. The molecule has 31 heavy (non-hydrogen) atoms. The fourth-order valence-corrected chi connectivity index (χ4v) is 7.47. The van der Waals surface area contributed by atoms with Crippen molar-refractivity contribution in [2.75, 3.05) is 26.2 Å². The van der Waals surface area contributed by atoms with Crippen molar-refractivity contribution in [3.8, 4) is 0 Å². The summed E-state index contributed by atoms with van der Waals surface area (Å²) in [6.45, 7) is 6.35. The van der Waals surface area contributed by atoms with E-state index in [0.717, 1.165) is 63.5 Å². The number of hydrogen-bond donors (Lipinski definition) is 0. The van der Waals surface area contributed by atoms with E-state index in [9.17, 15) is 4.79 Å². The summed E-state index contributed by atoms with van der Waals surface area (Å²) in [5.74, 6) is 2.56. The Hall–Kier alpha value is -2.28. The Morgan fingerprint density at radius 3 is 2.48 bits per heavy atom. The Morgan fingerprint density at radius 1 is 1.06 bits per heavy atom. The third-order valence-corrected chi connectivity index (χ3v) is 8.35. The Labute approximate surface area is 183 Å². The molecule has 2 unspecified atom stereocenters. The van der Waals surface area contributed by atoms with Gasteiger partial charge in [0.05, 0.1) is 16.6 Å². The summed E-state index contributed by atoms with van der Waals surface area (Å²) < 4.78 is 2.13. The van der Waals surface area contributed by atoms with E-state index in [-0.39, 0.29) is 11.0 Å². The molecule has 2 aromatic heterocycles. The van der Waals surface area contributed by atoms with E-state index in [0.29, 0.717) is 17.7 Å². The van der Waals surface area contributed by atoms with Gasteiger partial charge in [-0.1, -0.05) is 6.07 Å². The van der Waals surface area contributed by atoms with Crippen LogP contribution >= 0.6 is 0 Å². The van der Waals surface area contributed by atoms with Crippen LogP contribution in [0.2, 0.25) is 0 Å². The van der Waals surface area contributed by atoms with Crippen molar-refractivity contribution in [2.45, 2.75) is 57.5 Å². The van der Waals surface area contributed by atoms with Crippen LogP contribution < -0.4 is 0 Å². The zero-order valence-electron chi connectivity index (χ0n) is 18.4. The molecule has 4 saturated carbocycles. The van der Waals surface area contributed by atoms with Crippen molar-refractivity contribution in [3.05, 3.63) is 42.2 Å². The summed E-state index contributed by atoms with van der Waals surface area (Å²) in [4.78, 5) is 27.4. The molecule has 0 spiro atoms. The predicted octanol–water partition coefficient (Wildman–Crippen LogP) is 2.62. The van der Waals surface area contributed by atoms with Gasteiger partial charge in [0.1, 0.15) is 12.2 Å². The molecule has 1 aliphatic heterocycles. The second kappa shape index (κ2) is 7.12. The third-order valence-electron chi connectivity index (χ3n) is 8.35. The molecule has 7 heteroatoms. The third kappa shape index (κ3) is 3.28. The number of nitrogens with zero attached hydrogens (tertiary/aromatic N) is 6. The van der Waals surface area contributed by atoms with Crippen LogP contribution in [0.15, 0.2) is 30.7 Å². The van der Waals surface area contributed by atoms with Crippen LogP contribution in [0.1, 0.15) is 50.0 Å². The van der Waals surface area contributed by atoms with Crippen LogP contribution in [0.25, 0.3) is 0 Å². The van der Waals surface area contributed by atoms with Crippen molar-refractivity contribution in [3.63, 3.8) is 0 Å². The number of carbonyl (C=O) groups is 1. The lowest BCUT2D eigenvalue weighted by Gasteiger charge is -2.61. The summed E-state index contributed by atoms with van der Waals surface area (Å²) in [5, 5.41) is 4.72. The molecule has 0 radical (unpaired) electrons. The molecule has 4 atom stereocenters. The minimum atomic E-state index is -0.187. The first-order chi connectivity index (χ1) is 15.0. The van der Waals surface area contributed by atoms with E-state index in [4.69, 9.17) is 5.10 Å². The monoisotopic (exact) mass is 420 g/mol. The lowest BCUT2D eigenvalue weighted by atomic mass is 9.46. The molecule has 164 valence electrons. The quantitative estimate of drug-likeness (QED) is 0.761. The molecule has 4 bridgehead atoms. The largest absolute Gasteiger partial charge is 0.340 e. The lowest BCUT2D eigenvalue weighted by Crippen LogP contribution is -2.62. The molecule has 7 rings (SSSR count). The standard InChI is InChI=1S/C24H32N6O/c1-18-26-17-30(27-18)24-13-19-10-20(14-24)12-23(11-19,16-24)22(31)29-8-6-28(7-9-29)15-21-4-2-3-5-25-21/h2-5,17,19-20H,6-16H2,1H3/t19-,20+,23?,24?. The van der Waals surface area contributed by atoms with Gasteiger partial charge in [-0.3, -0.25) is 14.7 Å². The highest BCUT2D eigenvalue weighted by atomic mass is 16.2. The average Bonchev–Trinajstić information content (AvgIpc) is 3.21. The van der Waals surface area contributed by atoms with Crippen LogP contribution in [-0.2, 0) is 16.9 Å². The molecule has 1 amide bonds. The smallest absolute Gasteiger partial charge is 0.228 e. The molecule has 0 N–H and O–H groups in total. The van der Waals surface area contributed by atoms with E-state index in [2.05, 4.69) is 30.5 Å². The highest BCUT2D eigenvalue weighted by Crippen LogP contribution is 2.64.